The second kappa shape index (κ2) is 11.2. The zero-order chi connectivity index (χ0) is 23.0. The molecule has 32 heavy (non-hydrogen) atoms. The Morgan fingerprint density at radius 3 is 2.50 bits per heavy atom. The molecule has 0 saturated carbocycles. The van der Waals surface area contributed by atoms with Crippen LogP contribution in [0.4, 0.5) is 5.69 Å². The Bertz CT molecular complexity index is 1100. The number of carbonyl (C=O) groups excluding carboxylic acids is 2. The van der Waals surface area contributed by atoms with Gasteiger partial charge in [-0.3, -0.25) is 9.52 Å². The average Bonchev–Trinajstić information content (AvgIpc) is 2.78. The third kappa shape index (κ3) is 6.83. The number of anilines is 1. The predicted molar refractivity (Wildman–Crippen MR) is 123 cm³/mol. The van der Waals surface area contributed by atoms with Crippen molar-refractivity contribution in [2.24, 2.45) is 0 Å². The van der Waals surface area contributed by atoms with Crippen molar-refractivity contribution in [2.45, 2.75) is 37.0 Å². The highest BCUT2D eigenvalue weighted by atomic mass is 35.5. The standard InChI is InChI=1S/C23H25ClN2O5S/c24-18-10-12-19(13-11-18)32(29,30)26-21-9-5-4-8-20(21)23(28)31-16-22(27)25-15-14-17-6-2-1-3-7-17/h4-6,8-13,26H,1-3,7,14-16H2,(H,25,27). The minimum absolute atomic E-state index is 0.00229. The first-order chi connectivity index (χ1) is 15.3. The summed E-state index contributed by atoms with van der Waals surface area (Å²) >= 11 is 5.81. The second-order valence-corrected chi connectivity index (χ2v) is 9.51. The highest BCUT2D eigenvalue weighted by molar-refractivity contribution is 7.92. The van der Waals surface area contributed by atoms with Gasteiger partial charge in [-0.05, 0) is 68.5 Å². The van der Waals surface area contributed by atoms with Crippen molar-refractivity contribution >= 4 is 39.2 Å². The molecule has 2 aromatic carbocycles. The van der Waals surface area contributed by atoms with Crippen LogP contribution in [-0.4, -0.2) is 33.4 Å². The lowest BCUT2D eigenvalue weighted by Crippen LogP contribution is -2.30. The number of benzene rings is 2. The second-order valence-electron chi connectivity index (χ2n) is 7.39. The van der Waals surface area contributed by atoms with Gasteiger partial charge >= 0.3 is 5.97 Å². The van der Waals surface area contributed by atoms with Gasteiger partial charge in [0.25, 0.3) is 15.9 Å². The van der Waals surface area contributed by atoms with Crippen LogP contribution in [0.3, 0.4) is 0 Å². The van der Waals surface area contributed by atoms with Gasteiger partial charge in [-0.1, -0.05) is 35.4 Å². The maximum Gasteiger partial charge on any atom is 0.340 e. The summed E-state index contributed by atoms with van der Waals surface area (Å²) in [5.74, 6) is -1.21. The minimum Gasteiger partial charge on any atom is -0.452 e. The molecule has 1 aliphatic rings. The Labute approximate surface area is 192 Å². The number of esters is 1. The normalized spacial score (nSPS) is 13.7. The van der Waals surface area contributed by atoms with Crippen LogP contribution in [0.25, 0.3) is 0 Å². The van der Waals surface area contributed by atoms with Crippen LogP contribution in [0.1, 0.15) is 42.5 Å². The van der Waals surface area contributed by atoms with Crippen LogP contribution in [0.5, 0.6) is 0 Å². The number of para-hydroxylation sites is 1. The highest BCUT2D eigenvalue weighted by Crippen LogP contribution is 2.22. The lowest BCUT2D eigenvalue weighted by molar-refractivity contribution is -0.124. The van der Waals surface area contributed by atoms with E-state index in [2.05, 4.69) is 16.1 Å². The molecule has 0 bridgehead atoms. The number of amides is 1. The molecule has 0 aliphatic heterocycles. The fourth-order valence-electron chi connectivity index (χ4n) is 3.32. The predicted octanol–water partition coefficient (Wildman–Crippen LogP) is 4.30. The van der Waals surface area contributed by atoms with Gasteiger partial charge in [-0.15, -0.1) is 0 Å². The van der Waals surface area contributed by atoms with E-state index in [-0.39, 0.29) is 16.1 Å². The summed E-state index contributed by atoms with van der Waals surface area (Å²) in [7, 11) is -3.94. The molecular weight excluding hydrogens is 452 g/mol. The van der Waals surface area contributed by atoms with Crippen molar-refractivity contribution in [1.82, 2.24) is 5.32 Å². The molecule has 0 saturated heterocycles. The molecule has 0 unspecified atom stereocenters. The number of halogens is 1. The van der Waals surface area contributed by atoms with E-state index in [4.69, 9.17) is 16.3 Å². The van der Waals surface area contributed by atoms with E-state index in [0.717, 1.165) is 19.3 Å². The molecule has 7 nitrogen and oxygen atoms in total. The molecule has 0 atom stereocenters. The number of sulfonamides is 1. The van der Waals surface area contributed by atoms with Crippen LogP contribution in [0, 0.1) is 0 Å². The Hall–Kier alpha value is -2.84. The lowest BCUT2D eigenvalue weighted by Gasteiger charge is -2.14. The smallest absolute Gasteiger partial charge is 0.340 e. The number of carbonyl (C=O) groups is 2. The minimum atomic E-state index is -3.94. The molecule has 170 valence electrons. The van der Waals surface area contributed by atoms with Gasteiger partial charge in [0.05, 0.1) is 16.1 Å². The van der Waals surface area contributed by atoms with Gasteiger partial charge in [-0.2, -0.15) is 0 Å². The van der Waals surface area contributed by atoms with Crippen LogP contribution in [0.15, 0.2) is 65.1 Å². The summed E-state index contributed by atoms with van der Waals surface area (Å²) in [5, 5.41) is 3.14. The number of allylic oxidation sites excluding steroid dienone is 1. The molecule has 9 heteroatoms. The topological polar surface area (TPSA) is 102 Å². The zero-order valence-corrected chi connectivity index (χ0v) is 19.0. The molecule has 0 radical (unpaired) electrons. The van der Waals surface area contributed by atoms with E-state index in [1.54, 1.807) is 12.1 Å². The molecule has 1 amide bonds. The quantitative estimate of drug-likeness (QED) is 0.415. The largest absolute Gasteiger partial charge is 0.452 e. The Balaban J connectivity index is 1.56. The van der Waals surface area contributed by atoms with Crippen LogP contribution in [0.2, 0.25) is 5.02 Å². The Kier molecular flexibility index (Phi) is 8.30. The summed E-state index contributed by atoms with van der Waals surface area (Å²) in [5.41, 5.74) is 1.40. The van der Waals surface area contributed by atoms with E-state index in [1.807, 2.05) is 0 Å². The van der Waals surface area contributed by atoms with E-state index in [0.29, 0.717) is 11.6 Å². The zero-order valence-electron chi connectivity index (χ0n) is 17.5. The first-order valence-corrected chi connectivity index (χ1v) is 12.2. The summed E-state index contributed by atoms with van der Waals surface area (Å²) in [6.45, 7) is 0.0375. The Morgan fingerprint density at radius 1 is 1.03 bits per heavy atom. The molecular formula is C23H25ClN2O5S. The number of nitrogens with one attached hydrogen (secondary N) is 2. The van der Waals surface area contributed by atoms with E-state index in [1.165, 1.54) is 54.8 Å². The first-order valence-electron chi connectivity index (χ1n) is 10.3. The summed E-state index contributed by atoms with van der Waals surface area (Å²) in [6, 6.07) is 11.7. The van der Waals surface area contributed by atoms with Gasteiger partial charge in [0.1, 0.15) is 0 Å². The highest BCUT2D eigenvalue weighted by Gasteiger charge is 2.20. The number of hydrogen-bond acceptors (Lipinski definition) is 5. The molecule has 2 N–H and O–H groups in total. The van der Waals surface area contributed by atoms with Gasteiger partial charge in [0, 0.05) is 11.6 Å². The summed E-state index contributed by atoms with van der Waals surface area (Å²) in [6.07, 6.45) is 7.55. The third-order valence-corrected chi connectivity index (χ3v) is 6.64. The Morgan fingerprint density at radius 2 is 1.78 bits per heavy atom. The fraction of sp³-hybridized carbons (Fsp3) is 0.304. The molecule has 0 aromatic heterocycles. The molecule has 2 aromatic rings. The maximum absolute atomic E-state index is 12.6. The number of rotatable bonds is 9. The monoisotopic (exact) mass is 476 g/mol. The van der Waals surface area contributed by atoms with Crippen molar-refractivity contribution in [2.75, 3.05) is 17.9 Å². The van der Waals surface area contributed by atoms with Crippen LogP contribution < -0.4 is 10.0 Å². The molecule has 0 spiro atoms. The van der Waals surface area contributed by atoms with Crippen LogP contribution in [-0.2, 0) is 19.6 Å². The van der Waals surface area contributed by atoms with E-state index >= 15 is 0 Å². The lowest BCUT2D eigenvalue weighted by atomic mass is 9.97. The van der Waals surface area contributed by atoms with E-state index in [9.17, 15) is 18.0 Å². The summed E-state index contributed by atoms with van der Waals surface area (Å²) < 4.78 is 32.7. The van der Waals surface area contributed by atoms with Crippen molar-refractivity contribution in [3.8, 4) is 0 Å². The molecule has 0 fully saturated rings. The molecule has 3 rings (SSSR count). The van der Waals surface area contributed by atoms with Gasteiger partial charge < -0.3 is 10.1 Å². The van der Waals surface area contributed by atoms with Crippen LogP contribution >= 0.6 is 11.6 Å². The number of hydrogen-bond donors (Lipinski definition) is 2. The van der Waals surface area contributed by atoms with Crippen molar-refractivity contribution in [3.63, 3.8) is 0 Å². The number of ether oxygens (including phenoxy) is 1. The SMILES string of the molecule is O=C(COC(=O)c1ccccc1NS(=O)(=O)c1ccc(Cl)cc1)NCCC1=CCCCC1. The van der Waals surface area contributed by atoms with Crippen molar-refractivity contribution < 1.29 is 22.7 Å². The average molecular weight is 477 g/mol. The van der Waals surface area contributed by atoms with Gasteiger partial charge in [0.15, 0.2) is 6.61 Å². The third-order valence-electron chi connectivity index (χ3n) is 5.00. The maximum atomic E-state index is 12.6. The summed E-state index contributed by atoms with van der Waals surface area (Å²) in [4.78, 5) is 24.5. The van der Waals surface area contributed by atoms with E-state index < -0.39 is 28.5 Å². The molecule has 0 heterocycles. The van der Waals surface area contributed by atoms with Gasteiger partial charge in [0.2, 0.25) is 0 Å². The fourth-order valence-corrected chi connectivity index (χ4v) is 4.53. The first kappa shape index (κ1) is 23.8. The van der Waals surface area contributed by atoms with Crippen molar-refractivity contribution in [1.29, 1.82) is 0 Å². The van der Waals surface area contributed by atoms with Crippen molar-refractivity contribution in [3.05, 3.63) is 70.8 Å². The molecule has 1 aliphatic carbocycles. The van der Waals surface area contributed by atoms with Gasteiger partial charge in [-0.25, -0.2) is 13.2 Å².